The molecule has 0 aliphatic carbocycles. The van der Waals surface area contributed by atoms with Crippen LogP contribution in [0.2, 0.25) is 0 Å². The lowest BCUT2D eigenvalue weighted by atomic mass is 10.0. The Balaban J connectivity index is 2.19. The van der Waals surface area contributed by atoms with Crippen LogP contribution in [0.4, 0.5) is 0 Å². The van der Waals surface area contributed by atoms with E-state index in [9.17, 15) is 9.59 Å². The highest BCUT2D eigenvalue weighted by Gasteiger charge is 2.22. The molecule has 4 heteroatoms. The zero-order chi connectivity index (χ0) is 16.8. The number of hydrogen-bond acceptors (Lipinski definition) is 2. The highest BCUT2D eigenvalue weighted by Crippen LogP contribution is 2.17. The average Bonchev–Trinajstić information content (AvgIpc) is 2.59. The first-order valence-corrected chi connectivity index (χ1v) is 7.70. The maximum atomic E-state index is 12.4. The van der Waals surface area contributed by atoms with Crippen LogP contribution in [-0.2, 0) is 4.79 Å². The Hall–Kier alpha value is -2.62. The van der Waals surface area contributed by atoms with E-state index < -0.39 is 6.04 Å². The molecule has 23 heavy (non-hydrogen) atoms. The predicted molar refractivity (Wildman–Crippen MR) is 91.2 cm³/mol. The predicted octanol–water partition coefficient (Wildman–Crippen LogP) is 3.03. The standard InChI is InChI=1S/C19H22N2O2/c1-13(2)14-9-11-16(12-10-14)18(22)21-17(19(23)20-3)15-7-5-4-6-8-15/h4-13,17H,1-3H3,(H,20,23)(H,21,22). The molecule has 0 spiro atoms. The van der Waals surface area contributed by atoms with Crippen molar-refractivity contribution >= 4 is 11.8 Å². The Morgan fingerprint density at radius 2 is 1.48 bits per heavy atom. The molecule has 0 aliphatic heterocycles. The van der Waals surface area contributed by atoms with Gasteiger partial charge >= 0.3 is 0 Å². The number of hydrogen-bond donors (Lipinski definition) is 2. The van der Waals surface area contributed by atoms with Crippen molar-refractivity contribution in [2.75, 3.05) is 7.05 Å². The molecule has 1 atom stereocenters. The molecular weight excluding hydrogens is 288 g/mol. The van der Waals surface area contributed by atoms with Crippen LogP contribution >= 0.6 is 0 Å². The lowest BCUT2D eigenvalue weighted by molar-refractivity contribution is -0.122. The van der Waals surface area contributed by atoms with E-state index in [1.807, 2.05) is 42.5 Å². The van der Waals surface area contributed by atoms with Crippen LogP contribution in [0, 0.1) is 0 Å². The van der Waals surface area contributed by atoms with Gasteiger partial charge in [0.2, 0.25) is 5.91 Å². The average molecular weight is 310 g/mol. The Labute approximate surface area is 136 Å². The fourth-order valence-electron chi connectivity index (χ4n) is 2.32. The van der Waals surface area contributed by atoms with Crippen LogP contribution < -0.4 is 10.6 Å². The minimum Gasteiger partial charge on any atom is -0.357 e. The first-order chi connectivity index (χ1) is 11.0. The van der Waals surface area contributed by atoms with Crippen molar-refractivity contribution in [3.05, 3.63) is 71.3 Å². The molecule has 0 saturated heterocycles. The minimum atomic E-state index is -0.710. The summed E-state index contributed by atoms with van der Waals surface area (Å²) < 4.78 is 0. The van der Waals surface area contributed by atoms with Gasteiger partial charge in [-0.1, -0.05) is 56.3 Å². The Kier molecular flexibility index (Phi) is 5.52. The number of carbonyl (C=O) groups excluding carboxylic acids is 2. The largest absolute Gasteiger partial charge is 0.357 e. The maximum absolute atomic E-state index is 12.4. The fraction of sp³-hybridized carbons (Fsp3) is 0.263. The first kappa shape index (κ1) is 16.7. The molecule has 2 aromatic rings. The van der Waals surface area contributed by atoms with Crippen molar-refractivity contribution < 1.29 is 9.59 Å². The van der Waals surface area contributed by atoms with Crippen LogP contribution in [0.3, 0.4) is 0 Å². The van der Waals surface area contributed by atoms with E-state index in [0.29, 0.717) is 11.5 Å². The molecule has 120 valence electrons. The van der Waals surface area contributed by atoms with Crippen molar-refractivity contribution in [3.8, 4) is 0 Å². The molecule has 0 fully saturated rings. The van der Waals surface area contributed by atoms with Crippen LogP contribution in [0.1, 0.15) is 47.3 Å². The van der Waals surface area contributed by atoms with Crippen molar-refractivity contribution in [1.82, 2.24) is 10.6 Å². The van der Waals surface area contributed by atoms with Gasteiger partial charge in [-0.05, 0) is 29.2 Å². The summed E-state index contributed by atoms with van der Waals surface area (Å²) in [5, 5.41) is 5.39. The van der Waals surface area contributed by atoms with Crippen molar-refractivity contribution in [1.29, 1.82) is 0 Å². The second-order valence-electron chi connectivity index (χ2n) is 5.71. The normalized spacial score (nSPS) is 11.8. The summed E-state index contributed by atoms with van der Waals surface area (Å²) in [5.74, 6) is -0.101. The number of nitrogens with one attached hydrogen (secondary N) is 2. The summed E-state index contributed by atoms with van der Waals surface area (Å²) in [4.78, 5) is 24.5. The molecule has 0 heterocycles. The number of benzene rings is 2. The van der Waals surface area contributed by atoms with Crippen LogP contribution in [0.5, 0.6) is 0 Å². The van der Waals surface area contributed by atoms with Crippen LogP contribution in [0.15, 0.2) is 54.6 Å². The SMILES string of the molecule is CNC(=O)C(NC(=O)c1ccc(C(C)C)cc1)c1ccccc1. The molecule has 0 aliphatic rings. The van der Waals surface area contributed by atoms with Gasteiger partial charge < -0.3 is 10.6 Å². The van der Waals surface area contributed by atoms with Gasteiger partial charge in [-0.3, -0.25) is 9.59 Å². The van der Waals surface area contributed by atoms with Gasteiger partial charge in [-0.15, -0.1) is 0 Å². The number of rotatable bonds is 5. The summed E-state index contributed by atoms with van der Waals surface area (Å²) in [6, 6.07) is 15.9. The minimum absolute atomic E-state index is 0.247. The maximum Gasteiger partial charge on any atom is 0.252 e. The van der Waals surface area contributed by atoms with E-state index in [1.165, 1.54) is 5.56 Å². The summed E-state index contributed by atoms with van der Waals surface area (Å²) in [6.45, 7) is 4.21. The molecule has 2 amide bonds. The van der Waals surface area contributed by atoms with Gasteiger partial charge in [0.25, 0.3) is 5.91 Å². The van der Waals surface area contributed by atoms with E-state index in [4.69, 9.17) is 0 Å². The summed E-state index contributed by atoms with van der Waals surface area (Å²) in [6.07, 6.45) is 0. The third-order valence-electron chi connectivity index (χ3n) is 3.76. The molecule has 2 aromatic carbocycles. The number of amides is 2. The van der Waals surface area contributed by atoms with E-state index >= 15 is 0 Å². The van der Waals surface area contributed by atoms with Gasteiger partial charge in [0.05, 0.1) is 0 Å². The van der Waals surface area contributed by atoms with E-state index in [2.05, 4.69) is 24.5 Å². The van der Waals surface area contributed by atoms with Crippen LogP contribution in [0.25, 0.3) is 0 Å². The molecule has 0 saturated carbocycles. The summed E-state index contributed by atoms with van der Waals surface area (Å²) in [5.41, 5.74) is 2.46. The molecule has 1 unspecified atom stereocenters. The van der Waals surface area contributed by atoms with Gasteiger partial charge in [0.15, 0.2) is 0 Å². The second-order valence-corrected chi connectivity index (χ2v) is 5.71. The van der Waals surface area contributed by atoms with E-state index in [-0.39, 0.29) is 11.8 Å². The highest BCUT2D eigenvalue weighted by atomic mass is 16.2. The fourth-order valence-corrected chi connectivity index (χ4v) is 2.32. The van der Waals surface area contributed by atoms with Gasteiger partial charge in [0.1, 0.15) is 6.04 Å². The number of carbonyl (C=O) groups is 2. The zero-order valence-corrected chi connectivity index (χ0v) is 13.7. The highest BCUT2D eigenvalue weighted by molar-refractivity contribution is 5.97. The van der Waals surface area contributed by atoms with E-state index in [0.717, 1.165) is 5.56 Å². The Morgan fingerprint density at radius 1 is 0.870 bits per heavy atom. The quantitative estimate of drug-likeness (QED) is 0.892. The van der Waals surface area contributed by atoms with Crippen molar-refractivity contribution in [2.45, 2.75) is 25.8 Å². The lowest BCUT2D eigenvalue weighted by Crippen LogP contribution is -2.39. The topological polar surface area (TPSA) is 58.2 Å². The number of likely N-dealkylation sites (N-methyl/N-ethyl adjacent to an activating group) is 1. The molecule has 2 rings (SSSR count). The lowest BCUT2D eigenvalue weighted by Gasteiger charge is -2.18. The van der Waals surface area contributed by atoms with Gasteiger partial charge in [0, 0.05) is 12.6 Å². The van der Waals surface area contributed by atoms with Gasteiger partial charge in [-0.2, -0.15) is 0 Å². The Bertz CT molecular complexity index is 664. The van der Waals surface area contributed by atoms with Crippen LogP contribution in [-0.4, -0.2) is 18.9 Å². The van der Waals surface area contributed by atoms with E-state index in [1.54, 1.807) is 19.2 Å². The molecule has 0 bridgehead atoms. The molecule has 0 aromatic heterocycles. The monoisotopic (exact) mass is 310 g/mol. The Morgan fingerprint density at radius 3 is 2.00 bits per heavy atom. The van der Waals surface area contributed by atoms with Gasteiger partial charge in [-0.25, -0.2) is 0 Å². The molecular formula is C19H22N2O2. The smallest absolute Gasteiger partial charge is 0.252 e. The first-order valence-electron chi connectivity index (χ1n) is 7.70. The zero-order valence-electron chi connectivity index (χ0n) is 13.7. The third-order valence-corrected chi connectivity index (χ3v) is 3.76. The van der Waals surface area contributed by atoms with Crippen molar-refractivity contribution in [2.24, 2.45) is 0 Å². The molecule has 2 N–H and O–H groups in total. The third kappa shape index (κ3) is 4.19. The molecule has 4 nitrogen and oxygen atoms in total. The summed E-state index contributed by atoms with van der Waals surface area (Å²) >= 11 is 0. The summed E-state index contributed by atoms with van der Waals surface area (Å²) in [7, 11) is 1.56. The second kappa shape index (κ2) is 7.58. The molecule has 0 radical (unpaired) electrons. The van der Waals surface area contributed by atoms with Crippen molar-refractivity contribution in [3.63, 3.8) is 0 Å².